The summed E-state index contributed by atoms with van der Waals surface area (Å²) in [4.78, 5) is 2.53. The van der Waals surface area contributed by atoms with Gasteiger partial charge >= 0.3 is 0 Å². The number of ether oxygens (including phenoxy) is 1. The van der Waals surface area contributed by atoms with Crippen LogP contribution in [-0.2, 0) is 4.74 Å². The van der Waals surface area contributed by atoms with Crippen LogP contribution in [0.2, 0.25) is 0 Å². The molecule has 1 N–H and O–H groups in total. The Hall–Kier alpha value is -0.120. The molecule has 112 valence electrons. The number of hydrogen-bond donors (Lipinski definition) is 1. The molecular weight excluding hydrogens is 236 g/mol. The Kier molecular flexibility index (Phi) is 6.11. The number of nitrogens with zero attached hydrogens (tertiary/aromatic N) is 1. The van der Waals surface area contributed by atoms with E-state index in [0.29, 0.717) is 12.1 Å². The standard InChI is InChI=1S/C16H32N2O/c1-4-14-6-5-7-15(10-14)17-11-16-12-18(13(2)3)8-9-19-16/h13-17H,4-12H2,1-3H3. The number of nitrogens with one attached hydrogen (secondary N) is 1. The first-order valence-electron chi connectivity index (χ1n) is 8.28. The molecule has 2 rings (SSSR count). The van der Waals surface area contributed by atoms with Crippen LogP contribution in [0.5, 0.6) is 0 Å². The van der Waals surface area contributed by atoms with E-state index in [2.05, 4.69) is 31.0 Å². The third-order valence-corrected chi connectivity index (χ3v) is 4.89. The monoisotopic (exact) mass is 268 g/mol. The Morgan fingerprint density at radius 1 is 1.32 bits per heavy atom. The summed E-state index contributed by atoms with van der Waals surface area (Å²) in [6.07, 6.45) is 7.31. The summed E-state index contributed by atoms with van der Waals surface area (Å²) in [5.41, 5.74) is 0. The normalized spacial score (nSPS) is 33.8. The van der Waals surface area contributed by atoms with E-state index in [0.717, 1.165) is 38.2 Å². The molecule has 1 aliphatic carbocycles. The van der Waals surface area contributed by atoms with Crippen molar-refractivity contribution in [2.24, 2.45) is 5.92 Å². The predicted molar refractivity (Wildman–Crippen MR) is 80.5 cm³/mol. The molecule has 2 aliphatic rings. The summed E-state index contributed by atoms with van der Waals surface area (Å²) < 4.78 is 5.90. The highest BCUT2D eigenvalue weighted by Gasteiger charge is 2.25. The number of hydrogen-bond acceptors (Lipinski definition) is 3. The fraction of sp³-hybridized carbons (Fsp3) is 1.00. The first kappa shape index (κ1) is 15.3. The van der Waals surface area contributed by atoms with Crippen LogP contribution in [0.3, 0.4) is 0 Å². The van der Waals surface area contributed by atoms with Gasteiger partial charge in [-0.05, 0) is 32.6 Å². The van der Waals surface area contributed by atoms with E-state index in [9.17, 15) is 0 Å². The minimum atomic E-state index is 0.387. The van der Waals surface area contributed by atoms with E-state index >= 15 is 0 Å². The maximum atomic E-state index is 5.90. The minimum absolute atomic E-state index is 0.387. The number of morpholine rings is 1. The lowest BCUT2D eigenvalue weighted by Gasteiger charge is -2.37. The molecule has 19 heavy (non-hydrogen) atoms. The Morgan fingerprint density at radius 3 is 2.89 bits per heavy atom. The Balaban J connectivity index is 1.69. The van der Waals surface area contributed by atoms with Crippen LogP contribution in [0.15, 0.2) is 0 Å². The second kappa shape index (κ2) is 7.61. The third kappa shape index (κ3) is 4.73. The van der Waals surface area contributed by atoms with Crippen molar-refractivity contribution >= 4 is 0 Å². The van der Waals surface area contributed by atoms with Gasteiger partial charge in [-0.1, -0.05) is 26.2 Å². The summed E-state index contributed by atoms with van der Waals surface area (Å²) in [7, 11) is 0. The molecule has 1 saturated heterocycles. The van der Waals surface area contributed by atoms with Crippen molar-refractivity contribution in [1.29, 1.82) is 0 Å². The van der Waals surface area contributed by atoms with Gasteiger partial charge in [0.25, 0.3) is 0 Å². The second-order valence-corrected chi connectivity index (χ2v) is 6.63. The van der Waals surface area contributed by atoms with Gasteiger partial charge in [-0.2, -0.15) is 0 Å². The van der Waals surface area contributed by atoms with Crippen LogP contribution in [-0.4, -0.2) is 49.3 Å². The van der Waals surface area contributed by atoms with Crippen LogP contribution in [0.25, 0.3) is 0 Å². The van der Waals surface area contributed by atoms with Gasteiger partial charge in [0.15, 0.2) is 0 Å². The summed E-state index contributed by atoms with van der Waals surface area (Å²) in [5, 5.41) is 3.76. The van der Waals surface area contributed by atoms with Crippen molar-refractivity contribution in [3.05, 3.63) is 0 Å². The molecule has 0 spiro atoms. The molecule has 0 amide bonds. The molecule has 3 nitrogen and oxygen atoms in total. The fourth-order valence-electron chi connectivity index (χ4n) is 3.48. The van der Waals surface area contributed by atoms with Gasteiger partial charge in [0.2, 0.25) is 0 Å². The molecular formula is C16H32N2O. The topological polar surface area (TPSA) is 24.5 Å². The third-order valence-electron chi connectivity index (χ3n) is 4.89. The molecule has 0 radical (unpaired) electrons. The summed E-state index contributed by atoms with van der Waals surface area (Å²) >= 11 is 0. The van der Waals surface area contributed by atoms with Crippen molar-refractivity contribution in [3.8, 4) is 0 Å². The maximum Gasteiger partial charge on any atom is 0.0826 e. The Labute approximate surface area is 119 Å². The van der Waals surface area contributed by atoms with Gasteiger partial charge in [0.05, 0.1) is 12.7 Å². The van der Waals surface area contributed by atoms with E-state index in [4.69, 9.17) is 4.74 Å². The smallest absolute Gasteiger partial charge is 0.0826 e. The van der Waals surface area contributed by atoms with Crippen LogP contribution in [0.1, 0.15) is 52.9 Å². The molecule has 0 aromatic carbocycles. The summed E-state index contributed by atoms with van der Waals surface area (Å²) in [6.45, 7) is 11.0. The van der Waals surface area contributed by atoms with Crippen LogP contribution < -0.4 is 5.32 Å². The highest BCUT2D eigenvalue weighted by Crippen LogP contribution is 2.26. The van der Waals surface area contributed by atoms with E-state index in [-0.39, 0.29) is 0 Å². The minimum Gasteiger partial charge on any atom is -0.374 e. The lowest BCUT2D eigenvalue weighted by molar-refractivity contribution is -0.0387. The molecule has 3 atom stereocenters. The fourth-order valence-corrected chi connectivity index (χ4v) is 3.48. The molecule has 3 heteroatoms. The molecule has 1 saturated carbocycles. The summed E-state index contributed by atoms with van der Waals surface area (Å²) in [5.74, 6) is 0.950. The number of rotatable bonds is 5. The Morgan fingerprint density at radius 2 is 2.16 bits per heavy atom. The zero-order chi connectivity index (χ0) is 13.7. The zero-order valence-electron chi connectivity index (χ0n) is 13.0. The molecule has 0 aromatic heterocycles. The van der Waals surface area contributed by atoms with Gasteiger partial charge in [-0.3, -0.25) is 4.90 Å². The summed E-state index contributed by atoms with van der Waals surface area (Å²) in [6, 6.07) is 1.38. The average molecular weight is 268 g/mol. The molecule has 3 unspecified atom stereocenters. The van der Waals surface area contributed by atoms with Crippen LogP contribution in [0, 0.1) is 5.92 Å². The molecule has 0 aromatic rings. The molecule has 1 aliphatic heterocycles. The van der Waals surface area contributed by atoms with E-state index in [1.807, 2.05) is 0 Å². The van der Waals surface area contributed by atoms with Crippen molar-refractivity contribution in [2.45, 2.75) is 71.1 Å². The molecule has 1 heterocycles. The van der Waals surface area contributed by atoms with E-state index in [1.165, 1.54) is 32.1 Å². The average Bonchev–Trinajstić information content (AvgIpc) is 2.45. The Bertz CT molecular complexity index is 257. The quantitative estimate of drug-likeness (QED) is 0.829. The SMILES string of the molecule is CCC1CCCC(NCC2CN(C(C)C)CCO2)C1. The highest BCUT2D eigenvalue weighted by atomic mass is 16.5. The van der Waals surface area contributed by atoms with Gasteiger partial charge in [-0.15, -0.1) is 0 Å². The maximum absolute atomic E-state index is 5.90. The largest absolute Gasteiger partial charge is 0.374 e. The van der Waals surface area contributed by atoms with Crippen molar-refractivity contribution in [2.75, 3.05) is 26.2 Å². The lowest BCUT2D eigenvalue weighted by atomic mass is 9.84. The van der Waals surface area contributed by atoms with Crippen molar-refractivity contribution in [3.63, 3.8) is 0 Å². The first-order chi connectivity index (χ1) is 9.19. The molecule has 2 fully saturated rings. The van der Waals surface area contributed by atoms with Crippen LogP contribution >= 0.6 is 0 Å². The van der Waals surface area contributed by atoms with Crippen LogP contribution in [0.4, 0.5) is 0 Å². The van der Waals surface area contributed by atoms with Gasteiger partial charge in [0.1, 0.15) is 0 Å². The predicted octanol–water partition coefficient (Wildman–Crippen LogP) is 2.65. The van der Waals surface area contributed by atoms with E-state index < -0.39 is 0 Å². The van der Waals surface area contributed by atoms with Gasteiger partial charge in [-0.25, -0.2) is 0 Å². The zero-order valence-corrected chi connectivity index (χ0v) is 13.0. The highest BCUT2D eigenvalue weighted by molar-refractivity contribution is 4.81. The van der Waals surface area contributed by atoms with Crippen molar-refractivity contribution in [1.82, 2.24) is 10.2 Å². The molecule has 0 bridgehead atoms. The van der Waals surface area contributed by atoms with Gasteiger partial charge < -0.3 is 10.1 Å². The first-order valence-corrected chi connectivity index (χ1v) is 8.28. The van der Waals surface area contributed by atoms with Crippen molar-refractivity contribution < 1.29 is 4.74 Å². The van der Waals surface area contributed by atoms with E-state index in [1.54, 1.807) is 0 Å². The lowest BCUT2D eigenvalue weighted by Crippen LogP contribution is -2.50. The van der Waals surface area contributed by atoms with Gasteiger partial charge in [0, 0.05) is 31.7 Å². The second-order valence-electron chi connectivity index (χ2n) is 6.63.